The van der Waals surface area contributed by atoms with Crippen molar-refractivity contribution in [2.75, 3.05) is 0 Å². The molecule has 0 radical (unpaired) electrons. The van der Waals surface area contributed by atoms with E-state index >= 15 is 0 Å². The number of aryl methyl sites for hydroxylation is 1. The summed E-state index contributed by atoms with van der Waals surface area (Å²) in [5, 5.41) is 3.02. The van der Waals surface area contributed by atoms with Crippen LogP contribution in [-0.4, -0.2) is 19.6 Å². The number of hydrogen-bond acceptors (Lipinski definition) is 3. The van der Waals surface area contributed by atoms with Gasteiger partial charge in [-0.1, -0.05) is 0 Å². The van der Waals surface area contributed by atoms with Crippen LogP contribution in [0.5, 0.6) is 0 Å². The first kappa shape index (κ1) is 9.77. The molecule has 0 unspecified atom stereocenters. The molecule has 0 aromatic carbocycles. The largest absolute Gasteiger partial charge is 0.289 e. The Morgan fingerprint density at radius 2 is 2.00 bits per heavy atom. The summed E-state index contributed by atoms with van der Waals surface area (Å²) < 4.78 is 1.43. The van der Waals surface area contributed by atoms with Crippen molar-refractivity contribution in [1.29, 1.82) is 0 Å². The van der Waals surface area contributed by atoms with Crippen LogP contribution in [0.15, 0.2) is 41.5 Å². The van der Waals surface area contributed by atoms with Gasteiger partial charge in [0.15, 0.2) is 5.65 Å². The molecule has 0 aliphatic rings. The number of aromatic amines is 1. The summed E-state index contributed by atoms with van der Waals surface area (Å²) in [5.41, 5.74) is 3.06. The number of nitrogens with one attached hydrogen (secondary N) is 1. The fourth-order valence-corrected chi connectivity index (χ4v) is 1.79. The van der Waals surface area contributed by atoms with E-state index in [4.69, 9.17) is 0 Å². The highest BCUT2D eigenvalue weighted by atomic mass is 16.1. The number of pyridine rings is 1. The molecule has 5 nitrogen and oxygen atoms in total. The third-order valence-corrected chi connectivity index (χ3v) is 2.57. The molecule has 0 aliphatic heterocycles. The lowest BCUT2D eigenvalue weighted by atomic mass is 10.2. The number of aromatic nitrogens is 4. The van der Waals surface area contributed by atoms with Gasteiger partial charge in [-0.2, -0.15) is 0 Å². The zero-order chi connectivity index (χ0) is 11.8. The van der Waals surface area contributed by atoms with Crippen LogP contribution >= 0.6 is 0 Å². The minimum absolute atomic E-state index is 0.104. The van der Waals surface area contributed by atoms with Crippen molar-refractivity contribution in [3.63, 3.8) is 0 Å². The van der Waals surface area contributed by atoms with Crippen LogP contribution in [0.25, 0.3) is 16.9 Å². The van der Waals surface area contributed by atoms with Crippen molar-refractivity contribution >= 4 is 5.65 Å². The Bertz CT molecular complexity index is 727. The van der Waals surface area contributed by atoms with E-state index in [0.717, 1.165) is 17.0 Å². The van der Waals surface area contributed by atoms with Crippen LogP contribution in [-0.2, 0) is 0 Å². The average molecular weight is 226 g/mol. The van der Waals surface area contributed by atoms with Gasteiger partial charge in [-0.25, -0.2) is 9.50 Å². The van der Waals surface area contributed by atoms with Gasteiger partial charge in [-0.05, 0) is 19.1 Å². The zero-order valence-corrected chi connectivity index (χ0v) is 9.21. The van der Waals surface area contributed by atoms with Crippen LogP contribution < -0.4 is 5.56 Å². The van der Waals surface area contributed by atoms with Gasteiger partial charge in [-0.15, -0.1) is 0 Å². The summed E-state index contributed by atoms with van der Waals surface area (Å²) in [5.74, 6) is 0. The van der Waals surface area contributed by atoms with E-state index in [1.807, 2.05) is 18.2 Å². The van der Waals surface area contributed by atoms with Gasteiger partial charge in [0.05, 0.1) is 5.69 Å². The smallest absolute Gasteiger partial charge is 0.272 e. The van der Waals surface area contributed by atoms with Gasteiger partial charge in [0, 0.05) is 35.8 Å². The van der Waals surface area contributed by atoms with Crippen molar-refractivity contribution in [2.45, 2.75) is 6.92 Å². The van der Waals surface area contributed by atoms with Crippen molar-refractivity contribution < 1.29 is 0 Å². The average Bonchev–Trinajstić information content (AvgIpc) is 2.74. The summed E-state index contributed by atoms with van der Waals surface area (Å²) in [4.78, 5) is 20.0. The second-order valence-electron chi connectivity index (χ2n) is 3.84. The molecule has 3 aromatic rings. The quantitative estimate of drug-likeness (QED) is 0.682. The van der Waals surface area contributed by atoms with Crippen LogP contribution in [0, 0.1) is 6.92 Å². The second-order valence-corrected chi connectivity index (χ2v) is 3.84. The lowest BCUT2D eigenvalue weighted by molar-refractivity contribution is 0.893. The maximum atomic E-state index is 11.7. The van der Waals surface area contributed by atoms with E-state index in [1.54, 1.807) is 19.3 Å². The normalized spacial score (nSPS) is 10.9. The SMILES string of the molecule is Cc1cc(=O)n2[nH]c(-c3ccncc3)cc2n1. The van der Waals surface area contributed by atoms with E-state index < -0.39 is 0 Å². The van der Waals surface area contributed by atoms with Gasteiger partial charge < -0.3 is 0 Å². The molecule has 84 valence electrons. The third-order valence-electron chi connectivity index (χ3n) is 2.57. The lowest BCUT2D eigenvalue weighted by Crippen LogP contribution is -2.14. The maximum Gasteiger partial charge on any atom is 0.272 e. The third kappa shape index (κ3) is 1.61. The monoisotopic (exact) mass is 226 g/mol. The highest BCUT2D eigenvalue weighted by Gasteiger charge is 2.05. The number of H-pyrrole nitrogens is 1. The standard InChI is InChI=1S/C12H10N4O/c1-8-6-12(17)16-11(14-8)7-10(15-16)9-2-4-13-5-3-9/h2-7,15H,1H3. The Hall–Kier alpha value is -2.43. The van der Waals surface area contributed by atoms with E-state index in [1.165, 1.54) is 10.6 Å². The molecule has 0 spiro atoms. The molecule has 3 heterocycles. The Morgan fingerprint density at radius 3 is 2.76 bits per heavy atom. The maximum absolute atomic E-state index is 11.7. The first-order chi connectivity index (χ1) is 8.24. The van der Waals surface area contributed by atoms with Crippen LogP contribution in [0.2, 0.25) is 0 Å². The fraction of sp³-hybridized carbons (Fsp3) is 0.0833. The highest BCUT2D eigenvalue weighted by Crippen LogP contribution is 2.16. The summed E-state index contributed by atoms with van der Waals surface area (Å²) in [6.45, 7) is 1.81. The van der Waals surface area contributed by atoms with Crippen molar-refractivity contribution in [3.8, 4) is 11.3 Å². The molecule has 3 aromatic heterocycles. The molecule has 0 amide bonds. The summed E-state index contributed by atoms with van der Waals surface area (Å²) in [6.07, 6.45) is 3.42. The minimum atomic E-state index is -0.104. The summed E-state index contributed by atoms with van der Waals surface area (Å²) in [6, 6.07) is 7.11. The van der Waals surface area contributed by atoms with Gasteiger partial charge in [0.1, 0.15) is 0 Å². The van der Waals surface area contributed by atoms with Crippen molar-refractivity contribution in [3.05, 3.63) is 52.7 Å². The zero-order valence-electron chi connectivity index (χ0n) is 9.21. The number of rotatable bonds is 1. The Labute approximate surface area is 96.8 Å². The molecule has 0 aliphatic carbocycles. The lowest BCUT2D eigenvalue weighted by Gasteiger charge is -1.94. The minimum Gasteiger partial charge on any atom is -0.289 e. The number of nitrogens with zero attached hydrogens (tertiary/aromatic N) is 3. The molecule has 3 rings (SSSR count). The van der Waals surface area contributed by atoms with Gasteiger partial charge in [0.2, 0.25) is 0 Å². The number of fused-ring (bicyclic) bond motifs is 1. The van der Waals surface area contributed by atoms with E-state index in [9.17, 15) is 4.79 Å². The molecule has 0 saturated carbocycles. The highest BCUT2D eigenvalue weighted by molar-refractivity contribution is 5.63. The Balaban J connectivity index is 2.28. The summed E-state index contributed by atoms with van der Waals surface area (Å²) in [7, 11) is 0. The predicted molar refractivity (Wildman–Crippen MR) is 63.8 cm³/mol. The molecule has 5 heteroatoms. The predicted octanol–water partition coefficient (Wildman–Crippen LogP) is 1.39. The van der Waals surface area contributed by atoms with E-state index in [2.05, 4.69) is 15.1 Å². The molecule has 0 bridgehead atoms. The molecule has 0 atom stereocenters. The molecule has 17 heavy (non-hydrogen) atoms. The van der Waals surface area contributed by atoms with Crippen LogP contribution in [0.1, 0.15) is 5.69 Å². The van der Waals surface area contributed by atoms with E-state index in [-0.39, 0.29) is 5.56 Å². The number of hydrogen-bond donors (Lipinski definition) is 1. The van der Waals surface area contributed by atoms with Crippen LogP contribution in [0.3, 0.4) is 0 Å². The van der Waals surface area contributed by atoms with Crippen molar-refractivity contribution in [2.24, 2.45) is 0 Å². The molecule has 0 saturated heterocycles. The van der Waals surface area contributed by atoms with Crippen molar-refractivity contribution in [1.82, 2.24) is 19.6 Å². The van der Waals surface area contributed by atoms with Crippen LogP contribution in [0.4, 0.5) is 0 Å². The fourth-order valence-electron chi connectivity index (χ4n) is 1.79. The van der Waals surface area contributed by atoms with Gasteiger partial charge >= 0.3 is 0 Å². The van der Waals surface area contributed by atoms with Gasteiger partial charge in [0.25, 0.3) is 5.56 Å². The Morgan fingerprint density at radius 1 is 1.24 bits per heavy atom. The van der Waals surface area contributed by atoms with E-state index in [0.29, 0.717) is 5.65 Å². The summed E-state index contributed by atoms with van der Waals surface area (Å²) >= 11 is 0. The molecule has 1 N–H and O–H groups in total. The topological polar surface area (TPSA) is 63.0 Å². The molecular weight excluding hydrogens is 216 g/mol. The first-order valence-electron chi connectivity index (χ1n) is 5.24. The molecular formula is C12H10N4O. The van der Waals surface area contributed by atoms with Gasteiger partial charge in [-0.3, -0.25) is 14.9 Å². The first-order valence-corrected chi connectivity index (χ1v) is 5.24. The molecule has 0 fully saturated rings. The Kier molecular flexibility index (Phi) is 2.04. The second kappa shape index (κ2) is 3.55.